The molecule has 0 saturated carbocycles. The number of hydrogen-bond acceptors (Lipinski definition) is 6. The Balaban J connectivity index is 1.61. The molecule has 0 fully saturated rings. The average molecular weight is 493 g/mol. The van der Waals surface area contributed by atoms with Crippen molar-refractivity contribution in [2.75, 3.05) is 19.5 Å². The molecule has 4 N–H and O–H groups in total. The Kier molecular flexibility index (Phi) is 7.00. The molecular weight excluding hydrogens is 472 g/mol. The fraction of sp³-hybridized carbons (Fsp3) is 0.0800. The van der Waals surface area contributed by atoms with Crippen LogP contribution in [0.25, 0.3) is 28.5 Å². The zero-order valence-corrected chi connectivity index (χ0v) is 19.5. The van der Waals surface area contributed by atoms with E-state index in [0.29, 0.717) is 44.7 Å². The molecule has 10 heteroatoms. The standard InChI is InChI=1S/C25H21ClN4O5/c1-34-17-10-15(11-18(13-17)35-2)25(32)27-16-5-6-20(26)19(12-16)24-28-21-7-3-14(9-22(21)29-24)4-8-23(31)30-33/h3-13,33H,1-2H3,(H,27,32)(H,28,29)(H,30,31)/b8-4+. The zero-order valence-electron chi connectivity index (χ0n) is 18.8. The first-order chi connectivity index (χ1) is 16.9. The minimum Gasteiger partial charge on any atom is -0.497 e. The molecule has 0 aliphatic carbocycles. The summed E-state index contributed by atoms with van der Waals surface area (Å²) in [6.07, 6.45) is 2.76. The SMILES string of the molecule is COc1cc(OC)cc(C(=O)Nc2ccc(Cl)c(-c3nc4cc(/C=C/C(=O)NO)ccc4[nH]3)c2)c1. The third kappa shape index (κ3) is 5.43. The lowest BCUT2D eigenvalue weighted by atomic mass is 10.1. The van der Waals surface area contributed by atoms with E-state index in [1.54, 1.807) is 60.1 Å². The number of fused-ring (bicyclic) bond motifs is 1. The molecule has 0 unspecified atom stereocenters. The number of hydrogen-bond donors (Lipinski definition) is 4. The number of H-pyrrole nitrogens is 1. The number of nitrogens with zero attached hydrogens (tertiary/aromatic N) is 1. The number of benzene rings is 3. The number of carbonyl (C=O) groups excluding carboxylic acids is 2. The molecule has 4 rings (SSSR count). The molecule has 178 valence electrons. The van der Waals surface area contributed by atoms with Gasteiger partial charge in [-0.3, -0.25) is 14.8 Å². The van der Waals surface area contributed by atoms with Gasteiger partial charge in [0.05, 0.1) is 30.3 Å². The third-order valence-electron chi connectivity index (χ3n) is 5.14. The lowest BCUT2D eigenvalue weighted by molar-refractivity contribution is -0.124. The van der Waals surface area contributed by atoms with E-state index in [0.717, 1.165) is 11.1 Å². The molecule has 0 aliphatic heterocycles. The van der Waals surface area contributed by atoms with Crippen molar-refractivity contribution in [2.24, 2.45) is 0 Å². The van der Waals surface area contributed by atoms with Crippen LogP contribution in [0.1, 0.15) is 15.9 Å². The molecule has 9 nitrogen and oxygen atoms in total. The molecular formula is C25H21ClN4O5. The van der Waals surface area contributed by atoms with Gasteiger partial charge in [0.25, 0.3) is 11.8 Å². The van der Waals surface area contributed by atoms with Crippen molar-refractivity contribution in [3.05, 3.63) is 76.8 Å². The summed E-state index contributed by atoms with van der Waals surface area (Å²) in [6, 6.07) is 15.4. The van der Waals surface area contributed by atoms with Gasteiger partial charge in [-0.2, -0.15) is 0 Å². The maximum atomic E-state index is 12.9. The van der Waals surface area contributed by atoms with Crippen molar-refractivity contribution >= 4 is 46.2 Å². The molecule has 0 saturated heterocycles. The number of halogens is 1. The van der Waals surface area contributed by atoms with E-state index in [-0.39, 0.29) is 5.91 Å². The molecule has 35 heavy (non-hydrogen) atoms. The predicted octanol–water partition coefficient (Wildman–Crippen LogP) is 4.67. The van der Waals surface area contributed by atoms with E-state index < -0.39 is 5.91 Å². The van der Waals surface area contributed by atoms with E-state index in [2.05, 4.69) is 15.3 Å². The predicted molar refractivity (Wildman–Crippen MR) is 133 cm³/mol. The summed E-state index contributed by atoms with van der Waals surface area (Å²) in [6.45, 7) is 0. The van der Waals surface area contributed by atoms with E-state index in [1.807, 2.05) is 6.07 Å². The second-order valence-corrected chi connectivity index (χ2v) is 7.83. The first kappa shape index (κ1) is 23.8. The molecule has 0 bridgehead atoms. The van der Waals surface area contributed by atoms with Crippen LogP contribution in [0.15, 0.2) is 60.7 Å². The maximum absolute atomic E-state index is 12.9. The fourth-order valence-electron chi connectivity index (χ4n) is 3.39. The lowest BCUT2D eigenvalue weighted by Gasteiger charge is -2.10. The Morgan fingerprint density at radius 2 is 1.77 bits per heavy atom. The Morgan fingerprint density at radius 3 is 2.46 bits per heavy atom. The molecule has 0 aliphatic rings. The Hall–Kier alpha value is -4.34. The van der Waals surface area contributed by atoms with E-state index in [4.69, 9.17) is 26.3 Å². The van der Waals surface area contributed by atoms with Gasteiger partial charge >= 0.3 is 0 Å². The van der Waals surface area contributed by atoms with Crippen molar-refractivity contribution in [1.82, 2.24) is 15.4 Å². The molecule has 1 heterocycles. The minimum atomic E-state index is -0.633. The number of rotatable bonds is 7. The summed E-state index contributed by atoms with van der Waals surface area (Å²) >= 11 is 6.44. The molecule has 4 aromatic rings. The zero-order chi connectivity index (χ0) is 24.9. The number of ether oxygens (including phenoxy) is 2. The van der Waals surface area contributed by atoms with Crippen LogP contribution in [0.3, 0.4) is 0 Å². The maximum Gasteiger partial charge on any atom is 0.267 e. The minimum absolute atomic E-state index is 0.344. The number of amides is 2. The Labute approximate surface area is 205 Å². The molecule has 0 radical (unpaired) electrons. The second-order valence-electron chi connectivity index (χ2n) is 7.42. The van der Waals surface area contributed by atoms with Crippen molar-refractivity contribution in [3.8, 4) is 22.9 Å². The van der Waals surface area contributed by atoms with E-state index >= 15 is 0 Å². The first-order valence-corrected chi connectivity index (χ1v) is 10.7. The number of methoxy groups -OCH3 is 2. The van der Waals surface area contributed by atoms with E-state index in [9.17, 15) is 9.59 Å². The van der Waals surface area contributed by atoms with Crippen molar-refractivity contribution in [3.63, 3.8) is 0 Å². The number of anilines is 1. The summed E-state index contributed by atoms with van der Waals surface area (Å²) in [7, 11) is 3.03. The molecule has 0 atom stereocenters. The van der Waals surface area contributed by atoms with Crippen LogP contribution in [-0.4, -0.2) is 41.2 Å². The second kappa shape index (κ2) is 10.3. The topological polar surface area (TPSA) is 126 Å². The summed E-state index contributed by atoms with van der Waals surface area (Å²) < 4.78 is 10.5. The summed E-state index contributed by atoms with van der Waals surface area (Å²) in [5.74, 6) is 0.534. The largest absolute Gasteiger partial charge is 0.497 e. The number of carbonyl (C=O) groups is 2. The van der Waals surface area contributed by atoms with Gasteiger partial charge in [-0.05, 0) is 54.1 Å². The number of nitrogens with one attached hydrogen (secondary N) is 3. The van der Waals surface area contributed by atoms with Gasteiger partial charge in [0.15, 0.2) is 0 Å². The quantitative estimate of drug-likeness (QED) is 0.169. The highest BCUT2D eigenvalue weighted by Gasteiger charge is 2.14. The number of aromatic amines is 1. The van der Waals surface area contributed by atoms with Gasteiger partial charge < -0.3 is 19.8 Å². The van der Waals surface area contributed by atoms with Crippen molar-refractivity contribution in [1.29, 1.82) is 0 Å². The van der Waals surface area contributed by atoms with Gasteiger partial charge in [0.2, 0.25) is 0 Å². The van der Waals surface area contributed by atoms with Crippen molar-refractivity contribution < 1.29 is 24.3 Å². The van der Waals surface area contributed by atoms with Gasteiger partial charge in [-0.15, -0.1) is 0 Å². The van der Waals surface area contributed by atoms with Gasteiger partial charge in [-0.25, -0.2) is 10.5 Å². The lowest BCUT2D eigenvalue weighted by Crippen LogP contribution is -2.14. The van der Waals surface area contributed by atoms with Crippen LogP contribution in [0.2, 0.25) is 5.02 Å². The van der Waals surface area contributed by atoms with Gasteiger partial charge in [0.1, 0.15) is 17.3 Å². The summed E-state index contributed by atoms with van der Waals surface area (Å²) in [4.78, 5) is 31.9. The highest BCUT2D eigenvalue weighted by atomic mass is 35.5. The Morgan fingerprint density at radius 1 is 1.03 bits per heavy atom. The molecule has 0 spiro atoms. The third-order valence-corrected chi connectivity index (χ3v) is 5.47. The highest BCUT2D eigenvalue weighted by molar-refractivity contribution is 6.33. The van der Waals surface area contributed by atoms with E-state index in [1.165, 1.54) is 20.3 Å². The van der Waals surface area contributed by atoms with Crippen LogP contribution in [-0.2, 0) is 4.79 Å². The van der Waals surface area contributed by atoms with Crippen LogP contribution < -0.4 is 20.3 Å². The van der Waals surface area contributed by atoms with Crippen LogP contribution in [0.4, 0.5) is 5.69 Å². The number of aromatic nitrogens is 2. The van der Waals surface area contributed by atoms with Gasteiger partial charge in [0, 0.05) is 29.0 Å². The van der Waals surface area contributed by atoms with Crippen LogP contribution in [0.5, 0.6) is 11.5 Å². The molecule has 3 aromatic carbocycles. The number of hydroxylamine groups is 1. The van der Waals surface area contributed by atoms with Crippen molar-refractivity contribution in [2.45, 2.75) is 0 Å². The molecule has 2 amide bonds. The monoisotopic (exact) mass is 492 g/mol. The summed E-state index contributed by atoms with van der Waals surface area (Å²) in [5.41, 5.74) is 5.17. The molecule has 1 aromatic heterocycles. The van der Waals surface area contributed by atoms with Crippen LogP contribution >= 0.6 is 11.6 Å². The highest BCUT2D eigenvalue weighted by Crippen LogP contribution is 2.31. The van der Waals surface area contributed by atoms with Gasteiger partial charge in [-0.1, -0.05) is 17.7 Å². The number of imidazole rings is 1. The Bertz CT molecular complexity index is 1430. The normalized spacial score (nSPS) is 11.0. The average Bonchev–Trinajstić information content (AvgIpc) is 3.31. The first-order valence-electron chi connectivity index (χ1n) is 10.4. The fourth-order valence-corrected chi connectivity index (χ4v) is 3.60. The smallest absolute Gasteiger partial charge is 0.267 e. The summed E-state index contributed by atoms with van der Waals surface area (Å²) in [5, 5.41) is 11.9. The van der Waals surface area contributed by atoms with Crippen LogP contribution in [0, 0.1) is 0 Å².